The molecule has 1 aromatic heterocycles. The van der Waals surface area contributed by atoms with E-state index in [-0.39, 0.29) is 5.82 Å². The Labute approximate surface area is 99.8 Å². The molecule has 0 radical (unpaired) electrons. The first-order valence-electron chi connectivity index (χ1n) is 5.81. The van der Waals surface area contributed by atoms with Gasteiger partial charge in [-0.15, -0.1) is 0 Å². The van der Waals surface area contributed by atoms with Gasteiger partial charge in [-0.1, -0.05) is 0 Å². The summed E-state index contributed by atoms with van der Waals surface area (Å²) < 4.78 is 18.8. The third kappa shape index (κ3) is 3.26. The lowest BCUT2D eigenvalue weighted by molar-refractivity contribution is 0.0594. The van der Waals surface area contributed by atoms with Gasteiger partial charge in [0.25, 0.3) is 0 Å². The minimum absolute atomic E-state index is 0.245. The van der Waals surface area contributed by atoms with Crippen molar-refractivity contribution in [2.24, 2.45) is 5.92 Å². The Morgan fingerprint density at radius 1 is 1.59 bits per heavy atom. The average Bonchev–Trinajstić information content (AvgIpc) is 2.39. The quantitative estimate of drug-likeness (QED) is 0.835. The fraction of sp³-hybridized carbons (Fsp3) is 0.636. The van der Waals surface area contributed by atoms with Gasteiger partial charge in [0.1, 0.15) is 0 Å². The first-order valence-corrected chi connectivity index (χ1v) is 5.81. The van der Waals surface area contributed by atoms with Crippen molar-refractivity contribution in [3.63, 3.8) is 0 Å². The Kier molecular flexibility index (Phi) is 4.08. The monoisotopic (exact) mass is 240 g/mol. The second-order valence-corrected chi connectivity index (χ2v) is 4.10. The van der Waals surface area contributed by atoms with Crippen LogP contribution in [0.25, 0.3) is 0 Å². The summed E-state index contributed by atoms with van der Waals surface area (Å²) in [5.74, 6) is 0.653. The van der Waals surface area contributed by atoms with Crippen molar-refractivity contribution >= 4 is 11.8 Å². The molecule has 5 nitrogen and oxygen atoms in total. The van der Waals surface area contributed by atoms with Crippen LogP contribution < -0.4 is 10.6 Å². The predicted molar refractivity (Wildman–Crippen MR) is 63.6 cm³/mol. The van der Waals surface area contributed by atoms with Gasteiger partial charge in [0.15, 0.2) is 11.6 Å². The van der Waals surface area contributed by atoms with Crippen LogP contribution in [0.3, 0.4) is 0 Å². The van der Waals surface area contributed by atoms with Gasteiger partial charge in [0.2, 0.25) is 5.95 Å². The van der Waals surface area contributed by atoms with Crippen LogP contribution in [0.4, 0.5) is 16.2 Å². The molecule has 0 bridgehead atoms. The molecule has 0 amide bonds. The third-order valence-corrected chi connectivity index (χ3v) is 2.78. The Morgan fingerprint density at radius 3 is 3.18 bits per heavy atom. The highest BCUT2D eigenvalue weighted by molar-refractivity contribution is 5.40. The molecule has 17 heavy (non-hydrogen) atoms. The van der Waals surface area contributed by atoms with Crippen LogP contribution in [0.2, 0.25) is 0 Å². The third-order valence-electron chi connectivity index (χ3n) is 2.78. The molecule has 2 heterocycles. The molecule has 0 spiro atoms. The Balaban J connectivity index is 1.92. The predicted octanol–water partition coefficient (Wildman–Crippen LogP) is 1.50. The molecule has 6 heteroatoms. The normalized spacial score (nSPS) is 20.0. The molecule has 1 aromatic rings. The smallest absolute Gasteiger partial charge is 0.224 e. The summed E-state index contributed by atoms with van der Waals surface area (Å²) in [6.07, 6.45) is 3.34. The molecule has 0 saturated carbocycles. The van der Waals surface area contributed by atoms with Crippen LogP contribution in [0.1, 0.15) is 12.8 Å². The van der Waals surface area contributed by atoms with Crippen molar-refractivity contribution in [2.75, 3.05) is 37.4 Å². The van der Waals surface area contributed by atoms with E-state index >= 15 is 0 Å². The summed E-state index contributed by atoms with van der Waals surface area (Å²) in [5, 5.41) is 5.79. The van der Waals surface area contributed by atoms with Crippen molar-refractivity contribution in [1.82, 2.24) is 9.97 Å². The number of hydrogen-bond acceptors (Lipinski definition) is 5. The summed E-state index contributed by atoms with van der Waals surface area (Å²) in [4.78, 5) is 7.82. The zero-order chi connectivity index (χ0) is 12.1. The summed E-state index contributed by atoms with van der Waals surface area (Å²) in [5.41, 5.74) is 0. The molecule has 0 aromatic carbocycles. The Bertz CT molecular complexity index is 368. The van der Waals surface area contributed by atoms with E-state index in [2.05, 4.69) is 20.6 Å². The van der Waals surface area contributed by atoms with Gasteiger partial charge in [0, 0.05) is 20.2 Å². The van der Waals surface area contributed by atoms with E-state index in [0.29, 0.717) is 18.4 Å². The van der Waals surface area contributed by atoms with E-state index in [1.165, 1.54) is 6.20 Å². The van der Waals surface area contributed by atoms with E-state index in [1.54, 1.807) is 7.05 Å². The highest BCUT2D eigenvalue weighted by atomic mass is 19.1. The van der Waals surface area contributed by atoms with Crippen LogP contribution in [0.5, 0.6) is 0 Å². The topological polar surface area (TPSA) is 59.1 Å². The largest absolute Gasteiger partial charge is 0.381 e. The number of ether oxygens (including phenoxy) is 1. The van der Waals surface area contributed by atoms with E-state index in [9.17, 15) is 4.39 Å². The van der Waals surface area contributed by atoms with Gasteiger partial charge in [-0.2, -0.15) is 4.98 Å². The van der Waals surface area contributed by atoms with Gasteiger partial charge in [-0.05, 0) is 18.8 Å². The number of rotatable bonds is 4. The first kappa shape index (κ1) is 12.0. The molecule has 1 aliphatic rings. The van der Waals surface area contributed by atoms with Crippen LogP contribution in [0.15, 0.2) is 6.20 Å². The maximum Gasteiger partial charge on any atom is 0.224 e. The highest BCUT2D eigenvalue weighted by Gasteiger charge is 2.15. The first-order chi connectivity index (χ1) is 8.29. The van der Waals surface area contributed by atoms with Crippen molar-refractivity contribution in [2.45, 2.75) is 12.8 Å². The number of anilines is 2. The van der Waals surface area contributed by atoms with E-state index in [4.69, 9.17) is 4.74 Å². The lowest BCUT2D eigenvalue weighted by atomic mass is 10.0. The maximum atomic E-state index is 13.4. The second kappa shape index (κ2) is 5.77. The number of nitrogens with one attached hydrogen (secondary N) is 2. The zero-order valence-electron chi connectivity index (χ0n) is 9.87. The standard InChI is InChI=1S/C11H17FN4O/c1-13-11-15-6-9(12)10(16-11)14-5-8-3-2-4-17-7-8/h6,8H,2-5,7H2,1H3,(H2,13,14,15,16). The molecule has 1 fully saturated rings. The van der Waals surface area contributed by atoms with Gasteiger partial charge < -0.3 is 15.4 Å². The van der Waals surface area contributed by atoms with Crippen LogP contribution in [0, 0.1) is 11.7 Å². The number of halogens is 1. The van der Waals surface area contributed by atoms with Crippen molar-refractivity contribution in [3.8, 4) is 0 Å². The second-order valence-electron chi connectivity index (χ2n) is 4.10. The lowest BCUT2D eigenvalue weighted by Crippen LogP contribution is -2.25. The van der Waals surface area contributed by atoms with Crippen LogP contribution in [-0.4, -0.2) is 36.8 Å². The lowest BCUT2D eigenvalue weighted by Gasteiger charge is -2.22. The number of aromatic nitrogens is 2. The molecule has 94 valence electrons. The number of hydrogen-bond donors (Lipinski definition) is 2. The maximum absolute atomic E-state index is 13.4. The van der Waals surface area contributed by atoms with Gasteiger partial charge in [-0.25, -0.2) is 9.37 Å². The molecule has 1 aliphatic heterocycles. The minimum atomic E-state index is -0.430. The molecule has 2 N–H and O–H groups in total. The SMILES string of the molecule is CNc1ncc(F)c(NCC2CCCOC2)n1. The summed E-state index contributed by atoms with van der Waals surface area (Å²) in [7, 11) is 1.70. The van der Waals surface area contributed by atoms with E-state index in [1.807, 2.05) is 0 Å². The molecule has 1 unspecified atom stereocenters. The molecule has 1 atom stereocenters. The minimum Gasteiger partial charge on any atom is -0.381 e. The number of nitrogens with zero attached hydrogens (tertiary/aromatic N) is 2. The van der Waals surface area contributed by atoms with Crippen molar-refractivity contribution in [1.29, 1.82) is 0 Å². The molecule has 0 aliphatic carbocycles. The molecule has 2 rings (SSSR count). The van der Waals surface area contributed by atoms with Crippen LogP contribution in [-0.2, 0) is 4.74 Å². The highest BCUT2D eigenvalue weighted by Crippen LogP contribution is 2.16. The van der Waals surface area contributed by atoms with E-state index < -0.39 is 5.82 Å². The summed E-state index contributed by atoms with van der Waals surface area (Å²) >= 11 is 0. The molecular formula is C11H17FN4O. The summed E-state index contributed by atoms with van der Waals surface area (Å²) in [6, 6.07) is 0. The Hall–Kier alpha value is -1.43. The van der Waals surface area contributed by atoms with Gasteiger partial charge >= 0.3 is 0 Å². The van der Waals surface area contributed by atoms with Crippen molar-refractivity contribution in [3.05, 3.63) is 12.0 Å². The van der Waals surface area contributed by atoms with Crippen LogP contribution >= 0.6 is 0 Å². The average molecular weight is 240 g/mol. The van der Waals surface area contributed by atoms with Crippen molar-refractivity contribution < 1.29 is 9.13 Å². The van der Waals surface area contributed by atoms with E-state index in [0.717, 1.165) is 26.1 Å². The fourth-order valence-corrected chi connectivity index (χ4v) is 1.82. The zero-order valence-corrected chi connectivity index (χ0v) is 9.87. The fourth-order valence-electron chi connectivity index (χ4n) is 1.82. The van der Waals surface area contributed by atoms with Gasteiger partial charge in [-0.3, -0.25) is 0 Å². The van der Waals surface area contributed by atoms with Gasteiger partial charge in [0.05, 0.1) is 12.8 Å². The Morgan fingerprint density at radius 2 is 2.47 bits per heavy atom. The summed E-state index contributed by atoms with van der Waals surface area (Å²) in [6.45, 7) is 2.25. The molecule has 1 saturated heterocycles. The molecular weight excluding hydrogens is 223 g/mol.